The first-order chi connectivity index (χ1) is 14.4. The van der Waals surface area contributed by atoms with Crippen LogP contribution in [0.5, 0.6) is 0 Å². The molecular formula is C21H17FN6O2. The normalized spacial score (nSPS) is 10.8. The number of anilines is 1. The van der Waals surface area contributed by atoms with E-state index in [1.54, 1.807) is 50.2 Å². The zero-order valence-electron chi connectivity index (χ0n) is 16.2. The third-order valence-electron chi connectivity index (χ3n) is 4.44. The number of nitrogens with zero attached hydrogens (tertiary/aromatic N) is 4. The van der Waals surface area contributed by atoms with Crippen molar-refractivity contribution in [3.05, 3.63) is 87.9 Å². The molecule has 0 aliphatic carbocycles. The van der Waals surface area contributed by atoms with Crippen molar-refractivity contribution in [3.8, 4) is 17.1 Å². The van der Waals surface area contributed by atoms with Crippen molar-refractivity contribution in [2.45, 2.75) is 13.8 Å². The first-order valence-electron chi connectivity index (χ1n) is 9.09. The number of aromatic nitrogens is 5. The van der Waals surface area contributed by atoms with Gasteiger partial charge in [0, 0.05) is 23.0 Å². The predicted octanol–water partition coefficient (Wildman–Crippen LogP) is 3.03. The molecule has 0 bridgehead atoms. The fourth-order valence-corrected chi connectivity index (χ4v) is 3.02. The molecule has 9 heteroatoms. The highest BCUT2D eigenvalue weighted by molar-refractivity contribution is 6.03. The van der Waals surface area contributed by atoms with Crippen molar-refractivity contribution in [2.24, 2.45) is 0 Å². The predicted molar refractivity (Wildman–Crippen MR) is 109 cm³/mol. The molecular weight excluding hydrogens is 387 g/mol. The Morgan fingerprint density at radius 3 is 2.60 bits per heavy atom. The molecule has 0 saturated carbocycles. The van der Waals surface area contributed by atoms with Crippen molar-refractivity contribution >= 4 is 11.6 Å². The summed E-state index contributed by atoms with van der Waals surface area (Å²) in [6, 6.07) is 14.1. The molecule has 2 N–H and O–H groups in total. The van der Waals surface area contributed by atoms with Crippen LogP contribution in [0.15, 0.2) is 59.4 Å². The van der Waals surface area contributed by atoms with Crippen molar-refractivity contribution < 1.29 is 9.18 Å². The minimum atomic E-state index is -0.441. The molecule has 2 heterocycles. The van der Waals surface area contributed by atoms with Gasteiger partial charge in [-0.1, -0.05) is 17.3 Å². The van der Waals surface area contributed by atoms with Crippen LogP contribution in [0.25, 0.3) is 17.1 Å². The topological polar surface area (TPSA) is 106 Å². The van der Waals surface area contributed by atoms with Crippen molar-refractivity contribution in [3.63, 3.8) is 0 Å². The lowest BCUT2D eigenvalue weighted by molar-refractivity contribution is 0.102. The number of benzene rings is 2. The number of hydrogen-bond donors (Lipinski definition) is 2. The number of amides is 1. The summed E-state index contributed by atoms with van der Waals surface area (Å²) in [5.41, 5.74) is 2.76. The Hall–Kier alpha value is -4.14. The second-order valence-electron chi connectivity index (χ2n) is 6.68. The van der Waals surface area contributed by atoms with Gasteiger partial charge in [-0.25, -0.2) is 14.1 Å². The van der Waals surface area contributed by atoms with Gasteiger partial charge in [-0.15, -0.1) is 5.10 Å². The smallest absolute Gasteiger partial charge is 0.278 e. The molecule has 8 nitrogen and oxygen atoms in total. The Morgan fingerprint density at radius 1 is 1.10 bits per heavy atom. The molecule has 4 rings (SSSR count). The van der Waals surface area contributed by atoms with Crippen LogP contribution in [0.4, 0.5) is 10.1 Å². The maximum atomic E-state index is 13.1. The van der Waals surface area contributed by atoms with Crippen LogP contribution in [-0.2, 0) is 0 Å². The highest BCUT2D eigenvalue weighted by atomic mass is 19.1. The number of rotatable bonds is 4. The Kier molecular flexibility index (Phi) is 4.93. The van der Waals surface area contributed by atoms with Gasteiger partial charge < -0.3 is 10.3 Å². The Morgan fingerprint density at radius 2 is 1.87 bits per heavy atom. The molecule has 2 aromatic heterocycles. The standard InChI is InChI=1S/C21H17FN6O2/c1-12-10-18(29)25-20(23-12)14-4-3-5-16(11-14)24-21(30)19-13(2)28(27-26-19)17-8-6-15(22)7-9-17/h3-11H,1-2H3,(H,24,30)(H,23,25,29). The monoisotopic (exact) mass is 404 g/mol. The van der Waals surface area contributed by atoms with Crippen LogP contribution in [-0.4, -0.2) is 30.9 Å². The maximum absolute atomic E-state index is 13.1. The van der Waals surface area contributed by atoms with Gasteiger partial charge >= 0.3 is 0 Å². The molecule has 0 fully saturated rings. The number of nitrogens with one attached hydrogen (secondary N) is 2. The molecule has 30 heavy (non-hydrogen) atoms. The van der Waals surface area contributed by atoms with Gasteiger partial charge in [-0.2, -0.15) is 0 Å². The SMILES string of the molecule is Cc1cc(=O)[nH]c(-c2cccc(NC(=O)c3nnn(-c4ccc(F)cc4)c3C)c2)n1. The Bertz CT molecular complexity index is 1290. The average molecular weight is 404 g/mol. The quantitative estimate of drug-likeness (QED) is 0.544. The zero-order chi connectivity index (χ0) is 21.3. The molecule has 4 aromatic rings. The Labute approximate surface area is 170 Å². The number of hydrogen-bond acceptors (Lipinski definition) is 5. The summed E-state index contributed by atoms with van der Waals surface area (Å²) in [5, 5.41) is 10.7. The Balaban J connectivity index is 1.59. The van der Waals surface area contributed by atoms with Crippen molar-refractivity contribution in [1.82, 2.24) is 25.0 Å². The van der Waals surface area contributed by atoms with E-state index in [9.17, 15) is 14.0 Å². The summed E-state index contributed by atoms with van der Waals surface area (Å²) < 4.78 is 14.6. The summed E-state index contributed by atoms with van der Waals surface area (Å²) in [4.78, 5) is 31.4. The highest BCUT2D eigenvalue weighted by Gasteiger charge is 2.18. The molecule has 150 valence electrons. The lowest BCUT2D eigenvalue weighted by Crippen LogP contribution is -2.14. The van der Waals surface area contributed by atoms with E-state index in [1.165, 1.54) is 22.9 Å². The largest absolute Gasteiger partial charge is 0.321 e. The summed E-state index contributed by atoms with van der Waals surface area (Å²) >= 11 is 0. The zero-order valence-corrected chi connectivity index (χ0v) is 16.2. The molecule has 1 amide bonds. The van der Waals surface area contributed by atoms with Crippen molar-refractivity contribution in [1.29, 1.82) is 0 Å². The highest BCUT2D eigenvalue weighted by Crippen LogP contribution is 2.20. The van der Waals surface area contributed by atoms with Crippen LogP contribution >= 0.6 is 0 Å². The van der Waals surface area contributed by atoms with Crippen LogP contribution in [0.2, 0.25) is 0 Å². The van der Waals surface area contributed by atoms with Crippen LogP contribution in [0, 0.1) is 19.7 Å². The molecule has 0 spiro atoms. The summed E-state index contributed by atoms with van der Waals surface area (Å²) in [6.07, 6.45) is 0. The third kappa shape index (κ3) is 3.86. The first kappa shape index (κ1) is 19.2. The summed E-state index contributed by atoms with van der Waals surface area (Å²) in [5.74, 6) is -0.392. The van der Waals surface area contributed by atoms with E-state index >= 15 is 0 Å². The van der Waals surface area contributed by atoms with E-state index < -0.39 is 5.91 Å². The van der Waals surface area contributed by atoms with Gasteiger partial charge in [-0.05, 0) is 50.2 Å². The third-order valence-corrected chi connectivity index (χ3v) is 4.44. The van der Waals surface area contributed by atoms with Gasteiger partial charge in [0.1, 0.15) is 11.6 Å². The molecule has 0 aliphatic heterocycles. The van der Waals surface area contributed by atoms with E-state index in [1.807, 2.05) is 0 Å². The van der Waals surface area contributed by atoms with E-state index in [2.05, 4.69) is 25.6 Å². The molecule has 2 aromatic carbocycles. The van der Waals surface area contributed by atoms with E-state index in [4.69, 9.17) is 0 Å². The van der Waals surface area contributed by atoms with E-state index in [0.29, 0.717) is 34.2 Å². The van der Waals surface area contributed by atoms with Gasteiger partial charge in [0.2, 0.25) is 0 Å². The molecule has 0 atom stereocenters. The molecule has 0 saturated heterocycles. The molecule has 0 radical (unpaired) electrons. The second kappa shape index (κ2) is 7.70. The average Bonchev–Trinajstić information content (AvgIpc) is 3.09. The minimum Gasteiger partial charge on any atom is -0.321 e. The van der Waals surface area contributed by atoms with Crippen LogP contribution in [0.1, 0.15) is 21.9 Å². The molecule has 0 unspecified atom stereocenters. The fourth-order valence-electron chi connectivity index (χ4n) is 3.02. The number of carbonyl (C=O) groups excluding carboxylic acids is 1. The summed E-state index contributed by atoms with van der Waals surface area (Å²) in [6.45, 7) is 3.44. The maximum Gasteiger partial charge on any atom is 0.278 e. The number of aryl methyl sites for hydroxylation is 1. The van der Waals surface area contributed by atoms with E-state index in [0.717, 1.165) is 0 Å². The summed E-state index contributed by atoms with van der Waals surface area (Å²) in [7, 11) is 0. The number of halogens is 1. The van der Waals surface area contributed by atoms with Crippen molar-refractivity contribution in [2.75, 3.05) is 5.32 Å². The first-order valence-corrected chi connectivity index (χ1v) is 9.09. The van der Waals surface area contributed by atoms with Gasteiger partial charge in [0.25, 0.3) is 11.5 Å². The second-order valence-corrected chi connectivity index (χ2v) is 6.68. The van der Waals surface area contributed by atoms with Gasteiger partial charge in [0.05, 0.1) is 11.4 Å². The number of aromatic amines is 1. The number of carbonyl (C=O) groups is 1. The fraction of sp³-hybridized carbons (Fsp3) is 0.0952. The van der Waals surface area contributed by atoms with E-state index in [-0.39, 0.29) is 17.1 Å². The van der Waals surface area contributed by atoms with Crippen LogP contribution < -0.4 is 10.9 Å². The van der Waals surface area contributed by atoms with Gasteiger partial charge in [0.15, 0.2) is 5.69 Å². The minimum absolute atomic E-state index is 0.145. The van der Waals surface area contributed by atoms with Crippen LogP contribution in [0.3, 0.4) is 0 Å². The molecule has 0 aliphatic rings. The van der Waals surface area contributed by atoms with Gasteiger partial charge in [-0.3, -0.25) is 9.59 Å². The number of H-pyrrole nitrogens is 1. The lowest BCUT2D eigenvalue weighted by atomic mass is 10.1. The lowest BCUT2D eigenvalue weighted by Gasteiger charge is -2.07.